The fourth-order valence-corrected chi connectivity index (χ4v) is 3.78. The maximum absolute atomic E-state index is 11.5. The summed E-state index contributed by atoms with van der Waals surface area (Å²) in [5, 5.41) is 0. The van der Waals surface area contributed by atoms with Gasteiger partial charge in [0.05, 0.1) is 0 Å². The van der Waals surface area contributed by atoms with Crippen molar-refractivity contribution in [2.75, 3.05) is 0 Å². The molecule has 0 saturated heterocycles. The first-order chi connectivity index (χ1) is 5.36. The molecule has 0 aromatic rings. The Labute approximate surface area is 67.2 Å². The maximum Gasteiger partial charge on any atom is 0.136 e. The smallest absolute Gasteiger partial charge is 0.136 e. The molecule has 4 atom stereocenters. The third kappa shape index (κ3) is 0.646. The summed E-state index contributed by atoms with van der Waals surface area (Å²) >= 11 is 0. The molecule has 11 heavy (non-hydrogen) atoms. The van der Waals surface area contributed by atoms with Crippen LogP contribution in [0.15, 0.2) is 0 Å². The van der Waals surface area contributed by atoms with Gasteiger partial charge in [-0.3, -0.25) is 4.79 Å². The molecule has 0 N–H and O–H groups in total. The largest absolute Gasteiger partial charge is 0.299 e. The zero-order valence-electron chi connectivity index (χ0n) is 6.75. The Kier molecular flexibility index (Phi) is 1.06. The van der Waals surface area contributed by atoms with Crippen LogP contribution >= 0.6 is 0 Å². The maximum atomic E-state index is 11.5. The van der Waals surface area contributed by atoms with Gasteiger partial charge < -0.3 is 0 Å². The molecule has 3 aliphatic carbocycles. The van der Waals surface area contributed by atoms with Crippen LogP contribution in [0.4, 0.5) is 0 Å². The third-order valence-corrected chi connectivity index (χ3v) is 4.23. The molecular weight excluding hydrogens is 136 g/mol. The van der Waals surface area contributed by atoms with Crippen molar-refractivity contribution < 1.29 is 4.79 Å². The second-order valence-corrected chi connectivity index (χ2v) is 4.52. The van der Waals surface area contributed by atoms with Crippen LogP contribution in [0.5, 0.6) is 0 Å². The van der Waals surface area contributed by atoms with Crippen LogP contribution < -0.4 is 0 Å². The highest BCUT2D eigenvalue weighted by Crippen LogP contribution is 2.56. The number of hydrogen-bond acceptors (Lipinski definition) is 1. The molecule has 3 fully saturated rings. The first-order valence-electron chi connectivity index (χ1n) is 4.89. The van der Waals surface area contributed by atoms with E-state index in [0.717, 1.165) is 24.2 Å². The molecule has 0 aromatic carbocycles. The van der Waals surface area contributed by atoms with E-state index < -0.39 is 0 Å². The van der Waals surface area contributed by atoms with Crippen LogP contribution in [0.3, 0.4) is 0 Å². The van der Waals surface area contributed by atoms with Crippen LogP contribution in [0.1, 0.15) is 32.1 Å². The van der Waals surface area contributed by atoms with Gasteiger partial charge in [0, 0.05) is 12.3 Å². The molecule has 0 heterocycles. The fraction of sp³-hybridized carbons (Fsp3) is 0.900. The predicted molar refractivity (Wildman–Crippen MR) is 42.1 cm³/mol. The van der Waals surface area contributed by atoms with Crippen LogP contribution in [0.25, 0.3) is 0 Å². The minimum Gasteiger partial charge on any atom is -0.299 e. The quantitative estimate of drug-likeness (QED) is 0.516. The second kappa shape index (κ2) is 1.88. The molecule has 1 heteroatoms. The number of rotatable bonds is 0. The number of carbonyl (C=O) groups is 1. The van der Waals surface area contributed by atoms with Crippen LogP contribution in [0, 0.1) is 23.7 Å². The molecule has 0 aromatic heterocycles. The highest BCUT2D eigenvalue weighted by molar-refractivity contribution is 5.83. The summed E-state index contributed by atoms with van der Waals surface area (Å²) < 4.78 is 0. The van der Waals surface area contributed by atoms with E-state index in [9.17, 15) is 4.79 Å². The van der Waals surface area contributed by atoms with Crippen molar-refractivity contribution in [3.63, 3.8) is 0 Å². The van der Waals surface area contributed by atoms with Gasteiger partial charge in [-0.1, -0.05) is 0 Å². The molecule has 3 rings (SSSR count). The molecule has 1 unspecified atom stereocenters. The molecule has 4 bridgehead atoms. The minimum absolute atomic E-state index is 0.513. The van der Waals surface area contributed by atoms with Crippen LogP contribution in [-0.2, 0) is 4.79 Å². The Morgan fingerprint density at radius 2 is 1.82 bits per heavy atom. The highest BCUT2D eigenvalue weighted by atomic mass is 16.1. The van der Waals surface area contributed by atoms with Crippen molar-refractivity contribution in [1.82, 2.24) is 0 Å². The average molecular weight is 150 g/mol. The summed E-state index contributed by atoms with van der Waals surface area (Å²) in [5.74, 6) is 3.73. The van der Waals surface area contributed by atoms with E-state index in [1.165, 1.54) is 25.7 Å². The van der Waals surface area contributed by atoms with Crippen molar-refractivity contribution in [2.45, 2.75) is 32.1 Å². The van der Waals surface area contributed by atoms with E-state index in [0.29, 0.717) is 11.7 Å². The molecule has 0 amide bonds. The number of Topliss-reactive ketones (excluding diaryl/α,β-unsaturated/α-hetero) is 1. The Morgan fingerprint density at radius 1 is 1.00 bits per heavy atom. The van der Waals surface area contributed by atoms with Gasteiger partial charge in [0.1, 0.15) is 5.78 Å². The normalized spacial score (nSPS) is 53.6. The second-order valence-electron chi connectivity index (χ2n) is 4.52. The van der Waals surface area contributed by atoms with Crippen LogP contribution in [0.2, 0.25) is 0 Å². The lowest BCUT2D eigenvalue weighted by molar-refractivity contribution is -0.126. The lowest BCUT2D eigenvalue weighted by Crippen LogP contribution is -2.27. The summed E-state index contributed by atoms with van der Waals surface area (Å²) in [6.45, 7) is 0. The molecule has 0 spiro atoms. The van der Waals surface area contributed by atoms with Crippen molar-refractivity contribution >= 4 is 5.78 Å². The van der Waals surface area contributed by atoms with Gasteiger partial charge in [0.2, 0.25) is 0 Å². The van der Waals surface area contributed by atoms with E-state index in [1.54, 1.807) is 0 Å². The zero-order chi connectivity index (χ0) is 7.42. The molecule has 3 aliphatic rings. The number of hydrogen-bond donors (Lipinski definition) is 0. The van der Waals surface area contributed by atoms with Crippen molar-refractivity contribution in [3.05, 3.63) is 0 Å². The van der Waals surface area contributed by atoms with Gasteiger partial charge in [0.15, 0.2) is 0 Å². The van der Waals surface area contributed by atoms with E-state index in [4.69, 9.17) is 0 Å². The van der Waals surface area contributed by atoms with Gasteiger partial charge in [0.25, 0.3) is 0 Å². The minimum atomic E-state index is 0.513. The fourth-order valence-electron chi connectivity index (χ4n) is 3.78. The van der Waals surface area contributed by atoms with E-state index in [-0.39, 0.29) is 0 Å². The molecule has 60 valence electrons. The number of ketones is 1. The average Bonchev–Trinajstić information content (AvgIpc) is 2.44. The summed E-state index contributed by atoms with van der Waals surface area (Å²) in [6.07, 6.45) is 6.26. The monoisotopic (exact) mass is 150 g/mol. The Morgan fingerprint density at radius 3 is 2.73 bits per heavy atom. The van der Waals surface area contributed by atoms with Gasteiger partial charge in [-0.15, -0.1) is 0 Å². The van der Waals surface area contributed by atoms with E-state index in [2.05, 4.69) is 0 Å². The van der Waals surface area contributed by atoms with Crippen molar-refractivity contribution in [3.8, 4) is 0 Å². The van der Waals surface area contributed by atoms with Crippen molar-refractivity contribution in [2.24, 2.45) is 23.7 Å². The van der Waals surface area contributed by atoms with Gasteiger partial charge in [-0.2, -0.15) is 0 Å². The van der Waals surface area contributed by atoms with Gasteiger partial charge in [-0.25, -0.2) is 0 Å². The lowest BCUT2D eigenvalue weighted by atomic mass is 9.78. The Bertz CT molecular complexity index is 209. The topological polar surface area (TPSA) is 17.1 Å². The summed E-state index contributed by atoms with van der Waals surface area (Å²) in [4.78, 5) is 11.5. The molecular formula is C10H14O. The van der Waals surface area contributed by atoms with E-state index >= 15 is 0 Å². The van der Waals surface area contributed by atoms with Gasteiger partial charge in [-0.05, 0) is 43.4 Å². The first-order valence-corrected chi connectivity index (χ1v) is 4.89. The Balaban J connectivity index is 2.02. The summed E-state index contributed by atoms with van der Waals surface area (Å²) in [6, 6.07) is 0. The predicted octanol–water partition coefficient (Wildman–Crippen LogP) is 2.01. The zero-order valence-corrected chi connectivity index (χ0v) is 6.75. The SMILES string of the molecule is O=C1C[C@@H]2CC[C@H]3C2CC[C@@H]13. The third-order valence-electron chi connectivity index (χ3n) is 4.23. The lowest BCUT2D eigenvalue weighted by Gasteiger charge is -2.25. The first kappa shape index (κ1) is 6.22. The van der Waals surface area contributed by atoms with Gasteiger partial charge >= 0.3 is 0 Å². The summed E-state index contributed by atoms with van der Waals surface area (Å²) in [5.41, 5.74) is 0. The summed E-state index contributed by atoms with van der Waals surface area (Å²) in [7, 11) is 0. The molecule has 1 nitrogen and oxygen atoms in total. The van der Waals surface area contributed by atoms with Crippen molar-refractivity contribution in [1.29, 1.82) is 0 Å². The van der Waals surface area contributed by atoms with Crippen LogP contribution in [-0.4, -0.2) is 5.78 Å². The highest BCUT2D eigenvalue weighted by Gasteiger charge is 2.51. The molecule has 3 saturated carbocycles. The van der Waals surface area contributed by atoms with E-state index in [1.807, 2.05) is 0 Å². The molecule has 0 radical (unpaired) electrons. The standard InChI is InChI=1S/C10H14O/c11-10-5-6-1-2-8-7(6)3-4-9(8)10/h6-9H,1-5H2/t6-,7?,8-,9+/m0/s1. The molecule has 0 aliphatic heterocycles. The Hall–Kier alpha value is -0.330. The number of carbonyl (C=O) groups excluding carboxylic acids is 1.